The minimum absolute atomic E-state index is 0.0855. The number of para-hydroxylation sites is 1. The van der Waals surface area contributed by atoms with Crippen molar-refractivity contribution in [3.8, 4) is 11.3 Å². The van der Waals surface area contributed by atoms with Gasteiger partial charge in [0.1, 0.15) is 5.69 Å². The van der Waals surface area contributed by atoms with Gasteiger partial charge < -0.3 is 5.32 Å². The highest BCUT2D eigenvalue weighted by Crippen LogP contribution is 2.32. The lowest BCUT2D eigenvalue weighted by Gasteiger charge is -2.12. The summed E-state index contributed by atoms with van der Waals surface area (Å²) in [5.41, 5.74) is 2.73. The number of anilines is 2. The van der Waals surface area contributed by atoms with E-state index in [-0.39, 0.29) is 4.90 Å². The van der Waals surface area contributed by atoms with Crippen LogP contribution in [-0.2, 0) is 10.0 Å². The summed E-state index contributed by atoms with van der Waals surface area (Å²) >= 11 is 0. The number of fused-ring (bicyclic) bond motifs is 1. The molecule has 4 aromatic rings. The Morgan fingerprint density at radius 1 is 0.857 bits per heavy atom. The van der Waals surface area contributed by atoms with E-state index in [0.29, 0.717) is 22.6 Å². The van der Waals surface area contributed by atoms with Gasteiger partial charge in [-0.15, -0.1) is 10.2 Å². The Balaban J connectivity index is 1.88. The molecule has 3 aromatic carbocycles. The summed E-state index contributed by atoms with van der Waals surface area (Å²) < 4.78 is 23.8. The van der Waals surface area contributed by atoms with Crippen molar-refractivity contribution < 1.29 is 8.42 Å². The van der Waals surface area contributed by atoms with Gasteiger partial charge in [-0.3, -0.25) is 0 Å². The normalized spacial score (nSPS) is 11.5. The molecule has 3 N–H and O–H groups in total. The number of benzene rings is 3. The first kappa shape index (κ1) is 18.1. The van der Waals surface area contributed by atoms with E-state index >= 15 is 0 Å². The summed E-state index contributed by atoms with van der Waals surface area (Å²) in [7, 11) is -3.83. The molecule has 0 spiro atoms. The van der Waals surface area contributed by atoms with Crippen molar-refractivity contribution in [1.29, 1.82) is 0 Å². The number of sulfonamides is 1. The molecule has 0 amide bonds. The fraction of sp³-hybridized carbons (Fsp3) is 0.0476. The van der Waals surface area contributed by atoms with Crippen LogP contribution >= 0.6 is 0 Å². The molecule has 0 aliphatic carbocycles. The largest absolute Gasteiger partial charge is 0.338 e. The molecule has 0 aliphatic rings. The lowest BCUT2D eigenvalue weighted by atomic mass is 10.0. The maximum atomic E-state index is 11.9. The van der Waals surface area contributed by atoms with Crippen LogP contribution in [0.2, 0.25) is 0 Å². The van der Waals surface area contributed by atoms with E-state index in [1.54, 1.807) is 19.1 Å². The van der Waals surface area contributed by atoms with E-state index in [1.807, 2.05) is 60.7 Å². The maximum absolute atomic E-state index is 11.9. The van der Waals surface area contributed by atoms with Gasteiger partial charge in [0.15, 0.2) is 5.82 Å². The standard InChI is InChI=1S/C21H18N4O2S/c1-14-11-12-15(13-19(14)28(22,26)27)20-17-9-5-6-10-18(17)21(25-24-20)23-16-7-3-2-4-8-16/h2-13H,1H3,(H,23,25)(H2,22,26,27). The second-order valence-corrected chi connectivity index (χ2v) is 7.99. The Morgan fingerprint density at radius 2 is 1.54 bits per heavy atom. The summed E-state index contributed by atoms with van der Waals surface area (Å²) in [6.45, 7) is 1.71. The lowest BCUT2D eigenvalue weighted by Crippen LogP contribution is -2.13. The maximum Gasteiger partial charge on any atom is 0.238 e. The second kappa shape index (κ2) is 7.03. The van der Waals surface area contributed by atoms with Gasteiger partial charge in [0.05, 0.1) is 4.90 Å². The molecule has 6 nitrogen and oxygen atoms in total. The van der Waals surface area contributed by atoms with Gasteiger partial charge in [0, 0.05) is 22.0 Å². The molecule has 1 heterocycles. The summed E-state index contributed by atoms with van der Waals surface area (Å²) in [6.07, 6.45) is 0. The number of rotatable bonds is 4. The third-order valence-corrected chi connectivity index (χ3v) is 5.54. The molecular weight excluding hydrogens is 372 g/mol. The zero-order valence-corrected chi connectivity index (χ0v) is 15.9. The molecule has 0 saturated carbocycles. The van der Waals surface area contributed by atoms with E-state index in [4.69, 9.17) is 5.14 Å². The molecular formula is C21H18N4O2S. The smallest absolute Gasteiger partial charge is 0.238 e. The number of nitrogens with zero attached hydrogens (tertiary/aromatic N) is 2. The topological polar surface area (TPSA) is 98.0 Å². The van der Waals surface area contributed by atoms with E-state index in [0.717, 1.165) is 16.5 Å². The Labute approximate surface area is 163 Å². The molecule has 0 atom stereocenters. The lowest BCUT2D eigenvalue weighted by molar-refractivity contribution is 0.597. The van der Waals surface area contributed by atoms with Crippen LogP contribution < -0.4 is 10.5 Å². The number of aromatic nitrogens is 2. The number of hydrogen-bond acceptors (Lipinski definition) is 5. The van der Waals surface area contributed by atoms with E-state index in [1.165, 1.54) is 0 Å². The third-order valence-electron chi connectivity index (χ3n) is 4.49. The Morgan fingerprint density at radius 3 is 2.25 bits per heavy atom. The summed E-state index contributed by atoms with van der Waals surface area (Å²) in [5, 5.41) is 19.1. The van der Waals surface area contributed by atoms with Crippen LogP contribution in [0.15, 0.2) is 77.7 Å². The van der Waals surface area contributed by atoms with E-state index in [9.17, 15) is 8.42 Å². The molecule has 0 bridgehead atoms. The summed E-state index contributed by atoms with van der Waals surface area (Å²) in [6, 6.07) is 22.5. The van der Waals surface area contributed by atoms with Crippen molar-refractivity contribution in [2.45, 2.75) is 11.8 Å². The first-order valence-electron chi connectivity index (χ1n) is 8.65. The molecule has 0 saturated heterocycles. The average Bonchev–Trinajstić information content (AvgIpc) is 2.69. The van der Waals surface area contributed by atoms with Crippen LogP contribution in [0.1, 0.15) is 5.56 Å². The first-order chi connectivity index (χ1) is 13.4. The molecule has 0 fully saturated rings. The van der Waals surface area contributed by atoms with Crippen LogP contribution in [0.3, 0.4) is 0 Å². The highest BCUT2D eigenvalue weighted by Gasteiger charge is 2.16. The predicted molar refractivity (Wildman–Crippen MR) is 111 cm³/mol. The van der Waals surface area contributed by atoms with Crippen LogP contribution in [0.25, 0.3) is 22.0 Å². The third kappa shape index (κ3) is 3.45. The Kier molecular flexibility index (Phi) is 4.54. The van der Waals surface area contributed by atoms with Crippen molar-refractivity contribution in [3.63, 3.8) is 0 Å². The zero-order chi connectivity index (χ0) is 19.7. The molecule has 7 heteroatoms. The van der Waals surface area contributed by atoms with Gasteiger partial charge >= 0.3 is 0 Å². The zero-order valence-electron chi connectivity index (χ0n) is 15.1. The number of nitrogens with one attached hydrogen (secondary N) is 1. The Hall–Kier alpha value is -3.29. The van der Waals surface area contributed by atoms with Gasteiger partial charge in [0.2, 0.25) is 10.0 Å². The van der Waals surface area contributed by atoms with Crippen molar-refractivity contribution in [2.24, 2.45) is 5.14 Å². The number of aryl methyl sites for hydroxylation is 1. The highest BCUT2D eigenvalue weighted by atomic mass is 32.2. The molecule has 0 unspecified atom stereocenters. The number of primary sulfonamides is 1. The first-order valence-corrected chi connectivity index (χ1v) is 10.2. The van der Waals surface area contributed by atoms with Gasteiger partial charge in [-0.25, -0.2) is 13.6 Å². The van der Waals surface area contributed by atoms with Crippen molar-refractivity contribution in [2.75, 3.05) is 5.32 Å². The van der Waals surface area contributed by atoms with Crippen LogP contribution in [-0.4, -0.2) is 18.6 Å². The minimum atomic E-state index is -3.83. The number of nitrogens with two attached hydrogens (primary N) is 1. The van der Waals surface area contributed by atoms with Gasteiger partial charge in [-0.1, -0.05) is 54.6 Å². The SMILES string of the molecule is Cc1ccc(-c2nnc(Nc3ccccc3)c3ccccc23)cc1S(N)(=O)=O. The Bertz CT molecular complexity index is 1270. The van der Waals surface area contributed by atoms with Crippen molar-refractivity contribution in [1.82, 2.24) is 10.2 Å². The molecule has 0 aliphatic heterocycles. The highest BCUT2D eigenvalue weighted by molar-refractivity contribution is 7.89. The molecule has 1 aromatic heterocycles. The summed E-state index contributed by atoms with van der Waals surface area (Å²) in [5.74, 6) is 0.629. The molecule has 28 heavy (non-hydrogen) atoms. The quantitative estimate of drug-likeness (QED) is 0.549. The summed E-state index contributed by atoms with van der Waals surface area (Å²) in [4.78, 5) is 0.0855. The fourth-order valence-corrected chi connectivity index (χ4v) is 3.93. The predicted octanol–water partition coefficient (Wildman–Crippen LogP) is 4.00. The van der Waals surface area contributed by atoms with Gasteiger partial charge in [-0.2, -0.15) is 0 Å². The molecule has 0 radical (unpaired) electrons. The minimum Gasteiger partial charge on any atom is -0.338 e. The second-order valence-electron chi connectivity index (χ2n) is 6.46. The number of hydrogen-bond donors (Lipinski definition) is 2. The van der Waals surface area contributed by atoms with E-state index < -0.39 is 10.0 Å². The van der Waals surface area contributed by atoms with E-state index in [2.05, 4.69) is 15.5 Å². The molecule has 4 rings (SSSR count). The monoisotopic (exact) mass is 390 g/mol. The van der Waals surface area contributed by atoms with Crippen molar-refractivity contribution in [3.05, 3.63) is 78.4 Å². The van der Waals surface area contributed by atoms with Gasteiger partial charge in [0.25, 0.3) is 0 Å². The molecule has 140 valence electrons. The van der Waals surface area contributed by atoms with Crippen LogP contribution in [0, 0.1) is 6.92 Å². The van der Waals surface area contributed by atoms with Crippen molar-refractivity contribution >= 4 is 32.3 Å². The van der Waals surface area contributed by atoms with Gasteiger partial charge in [-0.05, 0) is 30.7 Å². The fourth-order valence-electron chi connectivity index (χ4n) is 3.12. The van der Waals surface area contributed by atoms with Crippen LogP contribution in [0.4, 0.5) is 11.5 Å². The van der Waals surface area contributed by atoms with Crippen LogP contribution in [0.5, 0.6) is 0 Å². The average molecular weight is 390 g/mol.